The van der Waals surface area contributed by atoms with Gasteiger partial charge in [-0.2, -0.15) is 0 Å². The molecule has 2 amide bonds. The molecule has 2 aromatic carbocycles. The second-order valence-electron chi connectivity index (χ2n) is 9.38. The first-order chi connectivity index (χ1) is 16.2. The standard InChI is InChI=1S/C26H34N4O3/c31-25(29-11-8-22(9-12-29)28-14-16-33-17-15-28)18-24-26(32)27-10-13-30(24)19-21-6-3-5-20-4-1-2-7-23(20)21/h1-7,22,24H,8-19H2,(H,27,32). The van der Waals surface area contributed by atoms with Crippen LogP contribution in [0.4, 0.5) is 0 Å². The van der Waals surface area contributed by atoms with Crippen LogP contribution in [0.2, 0.25) is 0 Å². The Morgan fingerprint density at radius 3 is 2.55 bits per heavy atom. The lowest BCUT2D eigenvalue weighted by molar-refractivity contribution is -0.140. The SMILES string of the molecule is O=C1NCCN(Cc2cccc3ccccc23)C1CC(=O)N1CCC(N2CCOCC2)CC1. The van der Waals surface area contributed by atoms with Crippen LogP contribution in [-0.2, 0) is 20.9 Å². The summed E-state index contributed by atoms with van der Waals surface area (Å²) in [6.07, 6.45) is 2.25. The Hall–Kier alpha value is -2.48. The summed E-state index contributed by atoms with van der Waals surface area (Å²) < 4.78 is 5.47. The van der Waals surface area contributed by atoms with Crippen LogP contribution < -0.4 is 5.32 Å². The molecule has 0 saturated carbocycles. The molecule has 3 aliphatic heterocycles. The maximum Gasteiger partial charge on any atom is 0.237 e. The van der Waals surface area contributed by atoms with Gasteiger partial charge in [0.25, 0.3) is 0 Å². The molecule has 0 radical (unpaired) electrons. The van der Waals surface area contributed by atoms with Crippen molar-refractivity contribution in [2.75, 3.05) is 52.5 Å². The van der Waals surface area contributed by atoms with Gasteiger partial charge in [0.2, 0.25) is 11.8 Å². The lowest BCUT2D eigenvalue weighted by Crippen LogP contribution is -2.57. The summed E-state index contributed by atoms with van der Waals surface area (Å²) in [5.41, 5.74) is 1.20. The van der Waals surface area contributed by atoms with E-state index in [1.807, 2.05) is 11.0 Å². The van der Waals surface area contributed by atoms with Crippen LogP contribution in [0.15, 0.2) is 42.5 Å². The lowest BCUT2D eigenvalue weighted by atomic mass is 10.00. The number of amides is 2. The summed E-state index contributed by atoms with van der Waals surface area (Å²) in [5.74, 6) is 0.0680. The molecule has 176 valence electrons. The van der Waals surface area contributed by atoms with E-state index in [1.165, 1.54) is 16.3 Å². The van der Waals surface area contributed by atoms with Crippen molar-refractivity contribution >= 4 is 22.6 Å². The van der Waals surface area contributed by atoms with E-state index in [-0.39, 0.29) is 18.2 Å². The van der Waals surface area contributed by atoms with Gasteiger partial charge in [-0.25, -0.2) is 0 Å². The predicted molar refractivity (Wildman–Crippen MR) is 128 cm³/mol. The minimum Gasteiger partial charge on any atom is -0.379 e. The molecule has 2 aromatic rings. The van der Waals surface area contributed by atoms with Crippen molar-refractivity contribution in [2.45, 2.75) is 37.9 Å². The smallest absolute Gasteiger partial charge is 0.237 e. The number of carbonyl (C=O) groups is 2. The van der Waals surface area contributed by atoms with Gasteiger partial charge in [0.05, 0.1) is 25.7 Å². The van der Waals surface area contributed by atoms with E-state index < -0.39 is 6.04 Å². The molecular formula is C26H34N4O3. The highest BCUT2D eigenvalue weighted by molar-refractivity contribution is 5.89. The number of likely N-dealkylation sites (tertiary alicyclic amines) is 1. The molecule has 1 N–H and O–H groups in total. The van der Waals surface area contributed by atoms with Crippen molar-refractivity contribution < 1.29 is 14.3 Å². The molecule has 5 rings (SSSR count). The van der Waals surface area contributed by atoms with Gasteiger partial charge in [-0.05, 0) is 29.2 Å². The molecule has 0 aromatic heterocycles. The fraction of sp³-hybridized carbons (Fsp3) is 0.538. The van der Waals surface area contributed by atoms with Gasteiger partial charge in [-0.1, -0.05) is 42.5 Å². The monoisotopic (exact) mass is 450 g/mol. The van der Waals surface area contributed by atoms with Crippen molar-refractivity contribution in [1.82, 2.24) is 20.0 Å². The number of morpholine rings is 1. The summed E-state index contributed by atoms with van der Waals surface area (Å²) in [4.78, 5) is 32.6. The summed E-state index contributed by atoms with van der Waals surface area (Å²) in [5, 5.41) is 5.38. The van der Waals surface area contributed by atoms with Crippen molar-refractivity contribution in [3.05, 3.63) is 48.0 Å². The topological polar surface area (TPSA) is 65.1 Å². The third kappa shape index (κ3) is 5.05. The Bertz CT molecular complexity index is 977. The minimum atomic E-state index is -0.415. The Morgan fingerprint density at radius 1 is 0.970 bits per heavy atom. The zero-order valence-corrected chi connectivity index (χ0v) is 19.2. The van der Waals surface area contributed by atoms with Crippen LogP contribution in [0.3, 0.4) is 0 Å². The first-order valence-corrected chi connectivity index (χ1v) is 12.3. The molecule has 0 bridgehead atoms. The van der Waals surface area contributed by atoms with Crippen molar-refractivity contribution in [2.24, 2.45) is 0 Å². The first-order valence-electron chi connectivity index (χ1n) is 12.3. The minimum absolute atomic E-state index is 0.0296. The summed E-state index contributed by atoms with van der Waals surface area (Å²) in [6.45, 7) is 7.20. The van der Waals surface area contributed by atoms with E-state index in [9.17, 15) is 9.59 Å². The number of hydrogen-bond acceptors (Lipinski definition) is 5. The Labute approximate surface area is 195 Å². The molecular weight excluding hydrogens is 416 g/mol. The quantitative estimate of drug-likeness (QED) is 0.753. The van der Waals surface area contributed by atoms with E-state index in [2.05, 4.69) is 51.5 Å². The average Bonchev–Trinajstić information content (AvgIpc) is 2.87. The van der Waals surface area contributed by atoms with Crippen LogP contribution in [0.5, 0.6) is 0 Å². The number of piperazine rings is 1. The number of hydrogen-bond donors (Lipinski definition) is 1. The molecule has 0 spiro atoms. The van der Waals surface area contributed by atoms with Gasteiger partial charge in [0.1, 0.15) is 0 Å². The molecule has 7 heteroatoms. The number of piperidine rings is 1. The van der Waals surface area contributed by atoms with Crippen LogP contribution in [0.1, 0.15) is 24.8 Å². The van der Waals surface area contributed by atoms with Crippen molar-refractivity contribution in [3.63, 3.8) is 0 Å². The van der Waals surface area contributed by atoms with E-state index in [0.717, 1.165) is 58.8 Å². The van der Waals surface area contributed by atoms with Crippen molar-refractivity contribution in [3.8, 4) is 0 Å². The molecule has 1 atom stereocenters. The van der Waals surface area contributed by atoms with Crippen LogP contribution in [-0.4, -0.2) is 91.1 Å². The summed E-state index contributed by atoms with van der Waals surface area (Å²) in [6, 6.07) is 14.8. The second-order valence-corrected chi connectivity index (χ2v) is 9.38. The molecule has 3 heterocycles. The predicted octanol–water partition coefficient (Wildman–Crippen LogP) is 1.85. The van der Waals surface area contributed by atoms with Crippen molar-refractivity contribution in [1.29, 1.82) is 0 Å². The Kier molecular flexibility index (Phi) is 6.90. The fourth-order valence-corrected chi connectivity index (χ4v) is 5.54. The van der Waals surface area contributed by atoms with Gasteiger partial charge >= 0.3 is 0 Å². The number of nitrogens with zero attached hydrogens (tertiary/aromatic N) is 3. The number of benzene rings is 2. The van der Waals surface area contributed by atoms with E-state index in [0.29, 0.717) is 19.1 Å². The van der Waals surface area contributed by atoms with E-state index in [4.69, 9.17) is 4.74 Å². The van der Waals surface area contributed by atoms with Crippen LogP contribution in [0.25, 0.3) is 10.8 Å². The number of ether oxygens (including phenoxy) is 1. The highest BCUT2D eigenvalue weighted by Gasteiger charge is 2.34. The van der Waals surface area contributed by atoms with Gasteiger partial charge in [0.15, 0.2) is 0 Å². The number of carbonyl (C=O) groups excluding carboxylic acids is 2. The molecule has 3 fully saturated rings. The van der Waals surface area contributed by atoms with Gasteiger partial charge in [0, 0.05) is 51.9 Å². The number of nitrogens with one attached hydrogen (secondary N) is 1. The van der Waals surface area contributed by atoms with Gasteiger partial charge in [-0.3, -0.25) is 19.4 Å². The third-order valence-corrected chi connectivity index (χ3v) is 7.44. The highest BCUT2D eigenvalue weighted by atomic mass is 16.5. The summed E-state index contributed by atoms with van der Waals surface area (Å²) >= 11 is 0. The average molecular weight is 451 g/mol. The van der Waals surface area contributed by atoms with Crippen LogP contribution in [0, 0.1) is 0 Å². The molecule has 3 saturated heterocycles. The Morgan fingerprint density at radius 2 is 1.73 bits per heavy atom. The highest BCUT2D eigenvalue weighted by Crippen LogP contribution is 2.23. The first kappa shape index (κ1) is 22.3. The van der Waals surface area contributed by atoms with E-state index >= 15 is 0 Å². The van der Waals surface area contributed by atoms with E-state index in [1.54, 1.807) is 0 Å². The summed E-state index contributed by atoms with van der Waals surface area (Å²) in [7, 11) is 0. The zero-order chi connectivity index (χ0) is 22.6. The Balaban J connectivity index is 1.22. The van der Waals surface area contributed by atoms with Gasteiger partial charge < -0.3 is 15.0 Å². The maximum atomic E-state index is 13.2. The zero-order valence-electron chi connectivity index (χ0n) is 19.2. The van der Waals surface area contributed by atoms with Crippen LogP contribution >= 0.6 is 0 Å². The number of fused-ring (bicyclic) bond motifs is 1. The molecule has 7 nitrogen and oxygen atoms in total. The number of rotatable bonds is 5. The molecule has 1 unspecified atom stereocenters. The largest absolute Gasteiger partial charge is 0.379 e. The van der Waals surface area contributed by atoms with Gasteiger partial charge in [-0.15, -0.1) is 0 Å². The molecule has 3 aliphatic rings. The fourth-order valence-electron chi connectivity index (χ4n) is 5.54. The molecule has 0 aliphatic carbocycles. The lowest BCUT2D eigenvalue weighted by Gasteiger charge is -2.41. The third-order valence-electron chi connectivity index (χ3n) is 7.44. The second kappa shape index (κ2) is 10.2. The molecule has 33 heavy (non-hydrogen) atoms. The normalized spacial score (nSPS) is 23.6. The maximum absolute atomic E-state index is 13.2.